The molecule has 3 aromatic rings. The van der Waals surface area contributed by atoms with Gasteiger partial charge in [0.25, 0.3) is 0 Å². The molecule has 0 radical (unpaired) electrons. The fraction of sp³-hybridized carbons (Fsp3) is 0.267. The molecule has 3 rings (SSSR count). The predicted octanol–water partition coefficient (Wildman–Crippen LogP) is 3.81. The van der Waals surface area contributed by atoms with Crippen molar-refractivity contribution in [1.82, 2.24) is 9.78 Å². The van der Waals surface area contributed by atoms with Crippen LogP contribution in [0.3, 0.4) is 0 Å². The van der Waals surface area contributed by atoms with Gasteiger partial charge in [-0.15, -0.1) is 0 Å². The zero-order chi connectivity index (χ0) is 15.4. The highest BCUT2D eigenvalue weighted by atomic mass is 19.4. The number of aromatic nitrogens is 2. The highest BCUT2D eigenvalue weighted by molar-refractivity contribution is 6.10. The summed E-state index contributed by atoms with van der Waals surface area (Å²) in [7, 11) is 5.13. The van der Waals surface area contributed by atoms with Gasteiger partial charge in [0.05, 0.1) is 0 Å². The third kappa shape index (κ3) is 2.02. The number of halogens is 3. The van der Waals surface area contributed by atoms with Crippen LogP contribution in [-0.4, -0.2) is 23.9 Å². The summed E-state index contributed by atoms with van der Waals surface area (Å²) in [6, 6.07) is 8.79. The molecule has 0 fully saturated rings. The molecule has 0 N–H and O–H groups in total. The van der Waals surface area contributed by atoms with E-state index in [2.05, 4.69) is 5.10 Å². The molecule has 0 aliphatic heterocycles. The van der Waals surface area contributed by atoms with Crippen molar-refractivity contribution in [3.63, 3.8) is 0 Å². The van der Waals surface area contributed by atoms with Gasteiger partial charge in [-0.3, -0.25) is 4.68 Å². The van der Waals surface area contributed by atoms with Crippen molar-refractivity contribution in [2.75, 3.05) is 19.0 Å². The number of fused-ring (bicyclic) bond motifs is 3. The zero-order valence-electron chi connectivity index (χ0n) is 11.9. The lowest BCUT2D eigenvalue weighted by molar-refractivity contribution is -0.142. The van der Waals surface area contributed by atoms with E-state index in [4.69, 9.17) is 0 Å². The van der Waals surface area contributed by atoms with Crippen LogP contribution in [0.1, 0.15) is 5.69 Å². The molecule has 1 aromatic heterocycles. The van der Waals surface area contributed by atoms with Gasteiger partial charge in [0.2, 0.25) is 0 Å². The van der Waals surface area contributed by atoms with Gasteiger partial charge in [0.1, 0.15) is 11.2 Å². The Morgan fingerprint density at radius 1 is 1.00 bits per heavy atom. The first kappa shape index (κ1) is 13.7. The molecule has 21 heavy (non-hydrogen) atoms. The van der Waals surface area contributed by atoms with Crippen LogP contribution in [0.4, 0.5) is 18.9 Å². The van der Waals surface area contributed by atoms with Crippen LogP contribution in [0.2, 0.25) is 0 Å². The number of nitrogens with zero attached hydrogens (tertiary/aromatic N) is 3. The van der Waals surface area contributed by atoms with Gasteiger partial charge in [-0.2, -0.15) is 18.3 Å². The van der Waals surface area contributed by atoms with E-state index in [1.54, 1.807) is 12.1 Å². The second kappa shape index (κ2) is 4.38. The summed E-state index contributed by atoms with van der Waals surface area (Å²) in [5.41, 5.74) is 0.620. The Kier molecular flexibility index (Phi) is 2.86. The Labute approximate surface area is 119 Å². The Bertz CT molecular complexity index is 831. The van der Waals surface area contributed by atoms with E-state index in [9.17, 15) is 13.2 Å². The van der Waals surface area contributed by atoms with Crippen LogP contribution in [0.25, 0.3) is 21.7 Å². The number of rotatable bonds is 1. The Morgan fingerprint density at radius 3 is 2.29 bits per heavy atom. The van der Waals surface area contributed by atoms with Crippen LogP contribution >= 0.6 is 0 Å². The van der Waals surface area contributed by atoms with Crippen molar-refractivity contribution in [2.45, 2.75) is 6.18 Å². The molecule has 0 aliphatic rings. The predicted molar refractivity (Wildman–Crippen MR) is 77.5 cm³/mol. The van der Waals surface area contributed by atoms with Crippen molar-refractivity contribution in [3.8, 4) is 0 Å². The van der Waals surface area contributed by atoms with Crippen LogP contribution in [0, 0.1) is 0 Å². The van der Waals surface area contributed by atoms with Gasteiger partial charge in [0, 0.05) is 43.0 Å². The summed E-state index contributed by atoms with van der Waals surface area (Å²) in [6.45, 7) is 0. The van der Waals surface area contributed by atoms with Gasteiger partial charge in [-0.05, 0) is 12.1 Å². The molecule has 0 atom stereocenters. The second-order valence-corrected chi connectivity index (χ2v) is 5.20. The molecule has 110 valence electrons. The molecular weight excluding hydrogens is 279 g/mol. The van der Waals surface area contributed by atoms with Crippen molar-refractivity contribution >= 4 is 27.4 Å². The number of anilines is 1. The SMILES string of the molecule is CN(C)c1cccc2c1ccc1c(C(F)(F)F)n(C)nc12. The van der Waals surface area contributed by atoms with E-state index >= 15 is 0 Å². The molecule has 6 heteroatoms. The molecular formula is C15H14F3N3. The Balaban J connectivity index is 2.44. The monoisotopic (exact) mass is 293 g/mol. The third-order valence-electron chi connectivity index (χ3n) is 3.59. The first-order valence-corrected chi connectivity index (χ1v) is 6.43. The van der Waals surface area contributed by atoms with E-state index in [0.29, 0.717) is 5.52 Å². The molecule has 0 spiro atoms. The zero-order valence-corrected chi connectivity index (χ0v) is 11.9. The van der Waals surface area contributed by atoms with Crippen molar-refractivity contribution < 1.29 is 13.2 Å². The van der Waals surface area contributed by atoms with Gasteiger partial charge in [-0.25, -0.2) is 0 Å². The highest BCUT2D eigenvalue weighted by Crippen LogP contribution is 2.38. The summed E-state index contributed by atoms with van der Waals surface area (Å²) in [5.74, 6) is 0. The average molecular weight is 293 g/mol. The first-order chi connectivity index (χ1) is 9.80. The number of aryl methyl sites for hydroxylation is 1. The minimum Gasteiger partial charge on any atom is -0.377 e. The summed E-state index contributed by atoms with van der Waals surface area (Å²) in [5, 5.41) is 5.84. The maximum atomic E-state index is 13.2. The molecule has 0 saturated heterocycles. The lowest BCUT2D eigenvalue weighted by Crippen LogP contribution is -2.11. The van der Waals surface area contributed by atoms with Crippen LogP contribution in [0.15, 0.2) is 30.3 Å². The van der Waals surface area contributed by atoms with Crippen LogP contribution < -0.4 is 4.90 Å². The average Bonchev–Trinajstić information content (AvgIpc) is 2.73. The van der Waals surface area contributed by atoms with Crippen molar-refractivity contribution in [2.24, 2.45) is 7.05 Å². The van der Waals surface area contributed by atoms with Crippen LogP contribution in [0.5, 0.6) is 0 Å². The summed E-state index contributed by atoms with van der Waals surface area (Å²) >= 11 is 0. The quantitative estimate of drug-likeness (QED) is 0.680. The number of benzene rings is 2. The summed E-state index contributed by atoms with van der Waals surface area (Å²) in [4.78, 5) is 1.93. The molecule has 0 unspecified atom stereocenters. The van der Waals surface area contributed by atoms with E-state index < -0.39 is 11.9 Å². The first-order valence-electron chi connectivity index (χ1n) is 6.43. The lowest BCUT2D eigenvalue weighted by Gasteiger charge is -2.15. The van der Waals surface area contributed by atoms with Gasteiger partial charge < -0.3 is 4.90 Å². The van der Waals surface area contributed by atoms with E-state index in [0.717, 1.165) is 21.1 Å². The maximum absolute atomic E-state index is 13.2. The standard InChI is InChI=1S/C15H14F3N3/c1-20(2)12-6-4-5-10-9(12)7-8-11-13(10)19-21(3)14(11)15(16,17)18/h4-8H,1-3H3. The molecule has 3 nitrogen and oxygen atoms in total. The minimum atomic E-state index is -4.42. The molecule has 2 aromatic carbocycles. The fourth-order valence-corrected chi connectivity index (χ4v) is 2.72. The van der Waals surface area contributed by atoms with Crippen molar-refractivity contribution in [3.05, 3.63) is 36.0 Å². The molecule has 0 amide bonds. The number of hydrogen-bond donors (Lipinski definition) is 0. The molecule has 0 aliphatic carbocycles. The molecule has 0 saturated carbocycles. The van der Waals surface area contributed by atoms with Gasteiger partial charge in [-0.1, -0.05) is 18.2 Å². The summed E-state index contributed by atoms with van der Waals surface area (Å²) in [6.07, 6.45) is -4.42. The topological polar surface area (TPSA) is 21.1 Å². The minimum absolute atomic E-state index is 0.133. The molecule has 0 bridgehead atoms. The fourth-order valence-electron chi connectivity index (χ4n) is 2.72. The van der Waals surface area contributed by atoms with Crippen LogP contribution in [-0.2, 0) is 13.2 Å². The van der Waals surface area contributed by atoms with E-state index in [1.807, 2.05) is 31.1 Å². The van der Waals surface area contributed by atoms with Crippen molar-refractivity contribution in [1.29, 1.82) is 0 Å². The number of hydrogen-bond acceptors (Lipinski definition) is 2. The highest BCUT2D eigenvalue weighted by Gasteiger charge is 2.37. The van der Waals surface area contributed by atoms with Gasteiger partial charge in [0.15, 0.2) is 0 Å². The van der Waals surface area contributed by atoms with Gasteiger partial charge >= 0.3 is 6.18 Å². The summed E-state index contributed by atoms with van der Waals surface area (Å²) < 4.78 is 40.4. The number of alkyl halides is 3. The Morgan fingerprint density at radius 2 is 1.67 bits per heavy atom. The molecule has 1 heterocycles. The second-order valence-electron chi connectivity index (χ2n) is 5.20. The Hall–Kier alpha value is -2.24. The van der Waals surface area contributed by atoms with E-state index in [-0.39, 0.29) is 5.39 Å². The lowest BCUT2D eigenvalue weighted by atomic mass is 10.0. The largest absolute Gasteiger partial charge is 0.433 e. The van der Waals surface area contributed by atoms with E-state index in [1.165, 1.54) is 13.1 Å². The third-order valence-corrected chi connectivity index (χ3v) is 3.59. The maximum Gasteiger partial charge on any atom is 0.433 e. The smallest absolute Gasteiger partial charge is 0.377 e. The normalized spacial score (nSPS) is 12.3.